The summed E-state index contributed by atoms with van der Waals surface area (Å²) in [6.07, 6.45) is 0. The third kappa shape index (κ3) is 13.4. The monoisotopic (exact) mass is 1680 g/mol. The topological polar surface area (TPSA) is 129 Å². The van der Waals surface area contributed by atoms with E-state index in [4.69, 9.17) is 49.3 Å². The van der Waals surface area contributed by atoms with Crippen molar-refractivity contribution < 1.29 is 4.42 Å². The van der Waals surface area contributed by atoms with Gasteiger partial charge in [-0.15, -0.1) is 22.7 Å². The molecule has 600 valence electrons. The third-order valence-corrected chi connectivity index (χ3v) is 27.1. The lowest BCUT2D eigenvalue weighted by atomic mass is 9.95. The van der Waals surface area contributed by atoms with E-state index in [1.54, 1.807) is 0 Å². The molecule has 0 aliphatic rings. The Balaban J connectivity index is 0.000000105. The summed E-state index contributed by atoms with van der Waals surface area (Å²) >= 11 is 3.71. The van der Waals surface area contributed by atoms with Crippen molar-refractivity contribution in [2.75, 3.05) is 0 Å². The summed E-state index contributed by atoms with van der Waals surface area (Å²) in [4.78, 5) is 45.1. The van der Waals surface area contributed by atoms with Crippen LogP contribution in [0.5, 0.6) is 0 Å². The molecule has 0 saturated carbocycles. The first kappa shape index (κ1) is 74.8. The minimum absolute atomic E-state index is 0.639. The molecule has 12 heteroatoms. The number of thiophene rings is 2. The van der Waals surface area contributed by atoms with Gasteiger partial charge in [0, 0.05) is 107 Å². The van der Waals surface area contributed by atoms with Crippen molar-refractivity contribution >= 4 is 182 Å². The SMILES string of the molecule is c1ccc(-c2nc(-c3ccc4ccccc4c3)nc(-c3ccc4c(ccc5ccc6sc7ccccc7c6c54)c3)n2)cc1.c1ccc(-c2nc(-c3ccccc3)nc(-c3ccc4c(ccc5ccc6sc7ccccc7c6c54)c3)n2)cc1.c1ccc2cc(-c3nc(-c4ccc5ccccc5c4)nc(-c4cccc5c4ccc4ccc6oc7ccccc7c6c45)n3)ccc2c1. The van der Waals surface area contributed by atoms with Crippen LogP contribution in [0.3, 0.4) is 0 Å². The molecule has 27 aromatic rings. The summed E-state index contributed by atoms with van der Waals surface area (Å²) in [5.74, 6) is 5.94. The Morgan fingerprint density at radius 1 is 0.147 bits per heavy atom. The second-order valence-electron chi connectivity index (χ2n) is 32.6. The van der Waals surface area contributed by atoms with Crippen LogP contribution in [0, 0.1) is 0 Å². The van der Waals surface area contributed by atoms with E-state index in [1.165, 1.54) is 105 Å². The van der Waals surface area contributed by atoms with Crippen molar-refractivity contribution in [3.8, 4) is 102 Å². The van der Waals surface area contributed by atoms with Crippen molar-refractivity contribution in [1.29, 1.82) is 0 Å². The molecule has 0 N–H and O–H groups in total. The minimum Gasteiger partial charge on any atom is -0.456 e. The Kier molecular flexibility index (Phi) is 18.1. The maximum absolute atomic E-state index is 6.28. The minimum atomic E-state index is 0.639. The number of furan rings is 1. The summed E-state index contributed by atoms with van der Waals surface area (Å²) in [6.45, 7) is 0. The summed E-state index contributed by atoms with van der Waals surface area (Å²) in [5, 5.41) is 29.0. The Hall–Kier alpha value is -16.8. The lowest BCUT2D eigenvalue weighted by molar-refractivity contribution is 0.669. The van der Waals surface area contributed by atoms with E-state index in [0.717, 1.165) is 104 Å². The van der Waals surface area contributed by atoms with Crippen LogP contribution in [0.1, 0.15) is 0 Å². The largest absolute Gasteiger partial charge is 0.456 e. The van der Waals surface area contributed by atoms with Crippen molar-refractivity contribution in [3.05, 3.63) is 419 Å². The number of benzene rings is 21. The van der Waals surface area contributed by atoms with Gasteiger partial charge >= 0.3 is 0 Å². The Labute approximate surface area is 746 Å². The third-order valence-electron chi connectivity index (χ3n) is 24.8. The smallest absolute Gasteiger partial charge is 0.164 e. The summed E-state index contributed by atoms with van der Waals surface area (Å²) < 4.78 is 11.6. The molecule has 0 amide bonds. The molecule has 21 aromatic carbocycles. The second kappa shape index (κ2) is 31.2. The average Bonchev–Trinajstić information content (AvgIpc) is 1.64. The zero-order valence-corrected chi connectivity index (χ0v) is 70.7. The number of rotatable bonds is 9. The van der Waals surface area contributed by atoms with Crippen molar-refractivity contribution in [2.24, 2.45) is 0 Å². The molecule has 0 spiro atoms. The van der Waals surface area contributed by atoms with E-state index >= 15 is 0 Å². The molecule has 6 aromatic heterocycles. The van der Waals surface area contributed by atoms with Crippen LogP contribution in [0.25, 0.3) is 262 Å². The summed E-state index contributed by atoms with van der Waals surface area (Å²) in [6, 6.07) is 146. The first-order valence-electron chi connectivity index (χ1n) is 43.1. The molecular formula is C117H69N9OS2. The predicted molar refractivity (Wildman–Crippen MR) is 539 cm³/mol. The molecule has 0 saturated heterocycles. The normalized spacial score (nSPS) is 11.7. The maximum Gasteiger partial charge on any atom is 0.164 e. The number of para-hydroxylation sites is 1. The highest BCUT2D eigenvalue weighted by Gasteiger charge is 2.23. The molecule has 0 bridgehead atoms. The lowest BCUT2D eigenvalue weighted by Gasteiger charge is -2.12. The highest BCUT2D eigenvalue weighted by atomic mass is 32.1. The number of hydrogen-bond donors (Lipinski definition) is 0. The van der Waals surface area contributed by atoms with E-state index in [1.807, 2.05) is 126 Å². The molecule has 129 heavy (non-hydrogen) atoms. The van der Waals surface area contributed by atoms with Crippen LogP contribution in [0.15, 0.2) is 423 Å². The zero-order chi connectivity index (χ0) is 85.0. The van der Waals surface area contributed by atoms with Crippen molar-refractivity contribution in [1.82, 2.24) is 44.9 Å². The second-order valence-corrected chi connectivity index (χ2v) is 34.7. The molecule has 10 nitrogen and oxygen atoms in total. The van der Waals surface area contributed by atoms with Crippen molar-refractivity contribution in [2.45, 2.75) is 0 Å². The predicted octanol–water partition coefficient (Wildman–Crippen LogP) is 31.6. The first-order chi connectivity index (χ1) is 63.9. The Morgan fingerprint density at radius 2 is 0.450 bits per heavy atom. The van der Waals surface area contributed by atoms with Gasteiger partial charge in [-0.05, 0) is 158 Å². The van der Waals surface area contributed by atoms with Gasteiger partial charge in [0.2, 0.25) is 0 Å². The van der Waals surface area contributed by atoms with Crippen molar-refractivity contribution in [3.63, 3.8) is 0 Å². The van der Waals surface area contributed by atoms with Crippen LogP contribution in [0.4, 0.5) is 0 Å². The fourth-order valence-corrected chi connectivity index (χ4v) is 20.9. The highest BCUT2D eigenvalue weighted by Crippen LogP contribution is 2.47. The molecule has 0 aliphatic carbocycles. The number of fused-ring (bicyclic) bond motifs is 24. The van der Waals surface area contributed by atoms with Gasteiger partial charge in [-0.2, -0.15) is 0 Å². The quantitative estimate of drug-likeness (QED) is 0.129. The fraction of sp³-hybridized carbons (Fsp3) is 0. The standard InChI is InChI=1S/C43H25N3O.C39H23N3S.C35H21N3S/c1-3-10-29-24-31(18-16-26(29)8-1)41-44-42(32-19-17-27-9-2-4-11-30(27)25-32)46-43(45-41)35-14-7-13-34-33(35)22-20-28-21-23-38-40(39(28)34)36-12-5-6-15-37(36)47-38;1-2-9-26(10-3-1)37-40-38(29-17-14-24-8-4-5-11-27(24)22-29)42-39(41-37)30-18-20-31-28(23-30)16-15-25-19-21-34-36(35(25)31)32-12-6-7-13-33(32)43-34;1-3-9-23(10-4-1)33-36-34(24-11-5-2-6-12-24)38-35(37-33)26-17-19-27-25(21-26)16-15-22-18-20-30-32(31(22)27)28-13-7-8-14-29(28)39-30/h1-25H;1-23H;1-21H. The van der Waals surface area contributed by atoms with Crippen LogP contribution in [-0.2, 0) is 0 Å². The van der Waals surface area contributed by atoms with E-state index < -0.39 is 0 Å². The number of nitrogens with zero attached hydrogens (tertiary/aromatic N) is 9. The van der Waals surface area contributed by atoms with Gasteiger partial charge in [0.1, 0.15) is 11.2 Å². The van der Waals surface area contributed by atoms with Crippen LogP contribution in [-0.4, -0.2) is 44.9 Å². The fourth-order valence-electron chi connectivity index (χ4n) is 18.6. The van der Waals surface area contributed by atoms with Gasteiger partial charge < -0.3 is 4.42 Å². The zero-order valence-electron chi connectivity index (χ0n) is 69.1. The Bertz CT molecular complexity index is 9080. The van der Waals surface area contributed by atoms with Gasteiger partial charge in [-0.1, -0.05) is 352 Å². The Morgan fingerprint density at radius 3 is 0.891 bits per heavy atom. The van der Waals surface area contributed by atoms with Gasteiger partial charge in [-0.25, -0.2) is 44.9 Å². The molecule has 0 aliphatic heterocycles. The molecule has 0 fully saturated rings. The van der Waals surface area contributed by atoms with E-state index in [2.05, 4.69) is 315 Å². The number of hydrogen-bond acceptors (Lipinski definition) is 12. The molecule has 6 heterocycles. The van der Waals surface area contributed by atoms with Gasteiger partial charge in [-0.3, -0.25) is 0 Å². The van der Waals surface area contributed by atoms with Gasteiger partial charge in [0.05, 0.1) is 0 Å². The van der Waals surface area contributed by atoms with Crippen LogP contribution in [0.2, 0.25) is 0 Å². The van der Waals surface area contributed by atoms with Crippen LogP contribution < -0.4 is 0 Å². The molecular weight excluding hydrogens is 1610 g/mol. The first-order valence-corrected chi connectivity index (χ1v) is 44.7. The molecule has 27 rings (SSSR count). The van der Waals surface area contributed by atoms with Gasteiger partial charge in [0.25, 0.3) is 0 Å². The average molecular weight is 1680 g/mol. The molecule has 0 radical (unpaired) electrons. The molecule has 0 unspecified atom stereocenters. The maximum atomic E-state index is 6.28. The van der Waals surface area contributed by atoms with E-state index in [9.17, 15) is 0 Å². The summed E-state index contributed by atoms with van der Waals surface area (Å²) in [7, 11) is 0. The van der Waals surface area contributed by atoms with Crippen LogP contribution >= 0.6 is 22.7 Å². The van der Waals surface area contributed by atoms with E-state index in [0.29, 0.717) is 52.4 Å². The van der Waals surface area contributed by atoms with E-state index in [-0.39, 0.29) is 0 Å². The highest BCUT2D eigenvalue weighted by molar-refractivity contribution is 7.26. The van der Waals surface area contributed by atoms with Gasteiger partial charge in [0.15, 0.2) is 52.4 Å². The number of aromatic nitrogens is 9. The molecule has 0 atom stereocenters. The summed E-state index contributed by atoms with van der Waals surface area (Å²) in [5.41, 5.74) is 10.4. The lowest BCUT2D eigenvalue weighted by Crippen LogP contribution is -2.00.